The highest BCUT2D eigenvalue weighted by Crippen LogP contribution is 2.29. The number of aromatic nitrogens is 1. The predicted molar refractivity (Wildman–Crippen MR) is 104 cm³/mol. The van der Waals surface area contributed by atoms with Gasteiger partial charge in [-0.3, -0.25) is 4.79 Å². The average Bonchev–Trinajstić information content (AvgIpc) is 3.31. The lowest BCUT2D eigenvalue weighted by Gasteiger charge is -2.36. The van der Waals surface area contributed by atoms with Gasteiger partial charge in [0.05, 0.1) is 6.26 Å². The first-order valence-corrected chi connectivity index (χ1v) is 9.62. The highest BCUT2D eigenvalue weighted by molar-refractivity contribution is 7.15. The summed E-state index contributed by atoms with van der Waals surface area (Å²) in [5.74, 6) is 0.685. The lowest BCUT2D eigenvalue weighted by molar-refractivity contribution is 0.0741. The van der Waals surface area contributed by atoms with Crippen LogP contribution in [0.15, 0.2) is 47.1 Å². The van der Waals surface area contributed by atoms with Crippen molar-refractivity contribution in [3.05, 3.63) is 58.3 Å². The first-order valence-electron chi connectivity index (χ1n) is 8.43. The van der Waals surface area contributed by atoms with E-state index < -0.39 is 0 Å². The van der Waals surface area contributed by atoms with Gasteiger partial charge in [0.25, 0.3) is 5.91 Å². The Bertz CT molecular complexity index is 915. The van der Waals surface area contributed by atoms with E-state index in [2.05, 4.69) is 9.88 Å². The summed E-state index contributed by atoms with van der Waals surface area (Å²) < 4.78 is 5.39. The summed E-state index contributed by atoms with van der Waals surface area (Å²) in [4.78, 5) is 22.5. The van der Waals surface area contributed by atoms with Crippen molar-refractivity contribution in [2.45, 2.75) is 6.92 Å². The Labute approximate surface area is 160 Å². The fraction of sp³-hybridized carbons (Fsp3) is 0.263. The van der Waals surface area contributed by atoms with Crippen LogP contribution in [0.3, 0.4) is 0 Å². The van der Waals surface area contributed by atoms with Crippen LogP contribution in [-0.4, -0.2) is 42.0 Å². The van der Waals surface area contributed by atoms with E-state index in [0.29, 0.717) is 24.5 Å². The van der Waals surface area contributed by atoms with Gasteiger partial charge in [0.1, 0.15) is 5.69 Å². The number of piperazine rings is 1. The average molecular weight is 388 g/mol. The van der Waals surface area contributed by atoms with Gasteiger partial charge in [-0.1, -0.05) is 17.7 Å². The van der Waals surface area contributed by atoms with Gasteiger partial charge in [0.2, 0.25) is 0 Å². The molecular weight excluding hydrogens is 370 g/mol. The van der Waals surface area contributed by atoms with Crippen LogP contribution in [0.4, 0.5) is 5.69 Å². The zero-order valence-electron chi connectivity index (χ0n) is 14.3. The molecule has 7 heteroatoms. The molecule has 1 aromatic carbocycles. The topological polar surface area (TPSA) is 49.6 Å². The Hall–Kier alpha value is -2.31. The Morgan fingerprint density at radius 1 is 1.19 bits per heavy atom. The van der Waals surface area contributed by atoms with Crippen molar-refractivity contribution >= 4 is 34.5 Å². The number of benzene rings is 1. The molecule has 0 spiro atoms. The molecule has 0 radical (unpaired) electrons. The van der Waals surface area contributed by atoms with Gasteiger partial charge in [-0.15, -0.1) is 11.3 Å². The lowest BCUT2D eigenvalue weighted by atomic mass is 10.2. The summed E-state index contributed by atoms with van der Waals surface area (Å²) >= 11 is 7.57. The SMILES string of the molecule is Cc1sc(-c2ccco2)nc1C(=O)N1CCN(c2cccc(Cl)c2)CC1. The molecule has 0 unspecified atom stereocenters. The van der Waals surface area contributed by atoms with Gasteiger partial charge < -0.3 is 14.2 Å². The van der Waals surface area contributed by atoms with E-state index >= 15 is 0 Å². The van der Waals surface area contributed by atoms with Crippen molar-refractivity contribution in [1.82, 2.24) is 9.88 Å². The molecular formula is C19H18ClN3O2S. The molecule has 0 bridgehead atoms. The van der Waals surface area contributed by atoms with Crippen molar-refractivity contribution in [3.8, 4) is 10.8 Å². The van der Waals surface area contributed by atoms with E-state index in [9.17, 15) is 4.79 Å². The van der Waals surface area contributed by atoms with Crippen molar-refractivity contribution in [2.24, 2.45) is 0 Å². The fourth-order valence-electron chi connectivity index (χ4n) is 3.09. The molecule has 0 saturated carbocycles. The van der Waals surface area contributed by atoms with Gasteiger partial charge in [-0.2, -0.15) is 0 Å². The quantitative estimate of drug-likeness (QED) is 0.671. The van der Waals surface area contributed by atoms with Gasteiger partial charge in [-0.05, 0) is 37.3 Å². The maximum Gasteiger partial charge on any atom is 0.273 e. The molecule has 4 rings (SSSR count). The van der Waals surface area contributed by atoms with Gasteiger partial charge in [0, 0.05) is 41.8 Å². The highest BCUT2D eigenvalue weighted by atomic mass is 35.5. The molecule has 3 heterocycles. The number of nitrogens with zero attached hydrogens (tertiary/aromatic N) is 3. The third-order valence-electron chi connectivity index (χ3n) is 4.47. The van der Waals surface area contributed by atoms with Crippen LogP contribution in [0.5, 0.6) is 0 Å². The molecule has 5 nitrogen and oxygen atoms in total. The van der Waals surface area contributed by atoms with Gasteiger partial charge >= 0.3 is 0 Å². The van der Waals surface area contributed by atoms with E-state index in [0.717, 1.165) is 33.7 Å². The van der Waals surface area contributed by atoms with E-state index in [1.165, 1.54) is 11.3 Å². The Kier molecular flexibility index (Phi) is 4.70. The third kappa shape index (κ3) is 3.34. The molecule has 26 heavy (non-hydrogen) atoms. The van der Waals surface area contributed by atoms with Gasteiger partial charge in [-0.25, -0.2) is 4.98 Å². The summed E-state index contributed by atoms with van der Waals surface area (Å²) in [6.45, 7) is 4.82. The van der Waals surface area contributed by atoms with Crippen LogP contribution in [0.1, 0.15) is 15.4 Å². The molecule has 1 amide bonds. The smallest absolute Gasteiger partial charge is 0.273 e. The first-order chi connectivity index (χ1) is 12.6. The number of hydrogen-bond acceptors (Lipinski definition) is 5. The van der Waals surface area contributed by atoms with Crippen molar-refractivity contribution in [3.63, 3.8) is 0 Å². The molecule has 0 aliphatic carbocycles. The summed E-state index contributed by atoms with van der Waals surface area (Å²) in [6, 6.07) is 11.5. The van der Waals surface area contributed by atoms with Crippen LogP contribution in [-0.2, 0) is 0 Å². The second-order valence-corrected chi connectivity index (χ2v) is 7.80. The zero-order valence-corrected chi connectivity index (χ0v) is 15.9. The molecule has 1 aliphatic rings. The van der Waals surface area contributed by atoms with Crippen LogP contribution >= 0.6 is 22.9 Å². The van der Waals surface area contributed by atoms with E-state index in [1.807, 2.05) is 48.2 Å². The molecule has 1 fully saturated rings. The summed E-state index contributed by atoms with van der Waals surface area (Å²) in [7, 11) is 0. The minimum Gasteiger partial charge on any atom is -0.462 e. The maximum atomic E-state index is 12.9. The number of halogens is 1. The minimum atomic E-state index is -0.0118. The normalized spacial score (nSPS) is 14.7. The number of carbonyl (C=O) groups excluding carboxylic acids is 1. The lowest BCUT2D eigenvalue weighted by Crippen LogP contribution is -2.49. The fourth-order valence-corrected chi connectivity index (χ4v) is 4.15. The molecule has 134 valence electrons. The highest BCUT2D eigenvalue weighted by Gasteiger charge is 2.26. The number of thiazole rings is 1. The number of hydrogen-bond donors (Lipinski definition) is 0. The Morgan fingerprint density at radius 3 is 2.69 bits per heavy atom. The number of aryl methyl sites for hydroxylation is 1. The largest absolute Gasteiger partial charge is 0.462 e. The first kappa shape index (κ1) is 17.1. The predicted octanol–water partition coefficient (Wildman–Crippen LogP) is 4.33. The third-order valence-corrected chi connectivity index (χ3v) is 5.69. The van der Waals surface area contributed by atoms with Crippen LogP contribution in [0.2, 0.25) is 5.02 Å². The minimum absolute atomic E-state index is 0.0118. The standard InChI is InChI=1S/C19H18ClN3O2S/c1-13-17(21-18(26-13)16-6-3-11-25-16)19(24)23-9-7-22(8-10-23)15-5-2-4-14(20)12-15/h2-6,11-12H,7-10H2,1H3. The van der Waals surface area contributed by atoms with E-state index in [-0.39, 0.29) is 5.91 Å². The van der Waals surface area contributed by atoms with E-state index in [4.69, 9.17) is 16.0 Å². The number of anilines is 1. The molecule has 1 saturated heterocycles. The van der Waals surface area contributed by atoms with Crippen molar-refractivity contribution in [1.29, 1.82) is 0 Å². The van der Waals surface area contributed by atoms with Crippen LogP contribution in [0.25, 0.3) is 10.8 Å². The second-order valence-electron chi connectivity index (χ2n) is 6.16. The molecule has 0 atom stereocenters. The second kappa shape index (κ2) is 7.13. The molecule has 3 aromatic rings. The van der Waals surface area contributed by atoms with Crippen molar-refractivity contribution in [2.75, 3.05) is 31.1 Å². The monoisotopic (exact) mass is 387 g/mol. The van der Waals surface area contributed by atoms with Crippen molar-refractivity contribution < 1.29 is 9.21 Å². The molecule has 0 N–H and O–H groups in total. The summed E-state index contributed by atoms with van der Waals surface area (Å²) in [6.07, 6.45) is 1.61. The van der Waals surface area contributed by atoms with Gasteiger partial charge in [0.15, 0.2) is 10.8 Å². The number of furan rings is 1. The molecule has 2 aromatic heterocycles. The number of carbonyl (C=O) groups is 1. The number of amides is 1. The summed E-state index contributed by atoms with van der Waals surface area (Å²) in [5, 5.41) is 1.47. The molecule has 1 aliphatic heterocycles. The van der Waals surface area contributed by atoms with E-state index in [1.54, 1.807) is 6.26 Å². The zero-order chi connectivity index (χ0) is 18.1. The van der Waals surface area contributed by atoms with Crippen LogP contribution < -0.4 is 4.90 Å². The summed E-state index contributed by atoms with van der Waals surface area (Å²) in [5.41, 5.74) is 1.62. The Morgan fingerprint density at radius 2 is 2.00 bits per heavy atom. The maximum absolute atomic E-state index is 12.9. The number of rotatable bonds is 3. The van der Waals surface area contributed by atoms with Crippen LogP contribution in [0, 0.1) is 6.92 Å². The Balaban J connectivity index is 1.45.